The minimum atomic E-state index is -0.904. The molecule has 0 amide bonds. The van der Waals surface area contributed by atoms with Gasteiger partial charge in [-0.05, 0) is 38.1 Å². The van der Waals surface area contributed by atoms with Gasteiger partial charge in [0.1, 0.15) is 5.56 Å². The second-order valence-electron chi connectivity index (χ2n) is 4.71. The summed E-state index contributed by atoms with van der Waals surface area (Å²) in [5.74, 6) is -0.712. The summed E-state index contributed by atoms with van der Waals surface area (Å²) in [6, 6.07) is 10.0. The molecule has 0 saturated carbocycles. The van der Waals surface area contributed by atoms with Crippen molar-refractivity contribution >= 4 is 27.7 Å². The number of ketones is 1. The lowest BCUT2D eigenvalue weighted by molar-refractivity contribution is 0.0314. The van der Waals surface area contributed by atoms with Crippen LogP contribution in [0, 0.1) is 0 Å². The van der Waals surface area contributed by atoms with Crippen LogP contribution in [0.4, 0.5) is 0 Å². The van der Waals surface area contributed by atoms with Crippen LogP contribution >= 0.6 is 15.9 Å². The van der Waals surface area contributed by atoms with Crippen molar-refractivity contribution in [1.82, 2.24) is 4.98 Å². The van der Waals surface area contributed by atoms with E-state index in [1.54, 1.807) is 50.2 Å². The summed E-state index contributed by atoms with van der Waals surface area (Å²) in [6.45, 7) is 3.72. The van der Waals surface area contributed by atoms with Crippen molar-refractivity contribution in [3.05, 3.63) is 58.2 Å². The van der Waals surface area contributed by atoms with E-state index in [4.69, 9.17) is 9.47 Å². The SMILES string of the molecule is CCOc1ncccc1C(=O)OC(C)C(=O)c1ccc(Br)cc1. The summed E-state index contributed by atoms with van der Waals surface area (Å²) < 4.78 is 11.4. The molecule has 23 heavy (non-hydrogen) atoms. The molecular weight excluding hydrogens is 362 g/mol. The normalized spacial score (nSPS) is 11.6. The van der Waals surface area contributed by atoms with E-state index in [1.165, 1.54) is 6.20 Å². The summed E-state index contributed by atoms with van der Waals surface area (Å²) in [4.78, 5) is 28.5. The Labute approximate surface area is 142 Å². The van der Waals surface area contributed by atoms with Crippen LogP contribution in [0.25, 0.3) is 0 Å². The molecule has 0 aliphatic heterocycles. The number of hydrogen-bond donors (Lipinski definition) is 0. The van der Waals surface area contributed by atoms with E-state index in [1.807, 2.05) is 0 Å². The number of Topliss-reactive ketones (excluding diaryl/α,β-unsaturated/α-hetero) is 1. The third-order valence-corrected chi connectivity index (χ3v) is 3.58. The highest BCUT2D eigenvalue weighted by molar-refractivity contribution is 9.10. The predicted molar refractivity (Wildman–Crippen MR) is 88.8 cm³/mol. The number of hydrogen-bond acceptors (Lipinski definition) is 5. The summed E-state index contributed by atoms with van der Waals surface area (Å²) >= 11 is 3.31. The van der Waals surface area contributed by atoms with E-state index in [9.17, 15) is 9.59 Å². The maximum absolute atomic E-state index is 12.3. The minimum absolute atomic E-state index is 0.197. The fourth-order valence-electron chi connectivity index (χ4n) is 1.92. The molecule has 0 bridgehead atoms. The Morgan fingerprint density at radius 2 is 1.91 bits per heavy atom. The third kappa shape index (κ3) is 4.39. The molecule has 1 atom stereocenters. The minimum Gasteiger partial charge on any atom is -0.477 e. The van der Waals surface area contributed by atoms with Gasteiger partial charge in [0.25, 0.3) is 0 Å². The molecule has 120 valence electrons. The van der Waals surface area contributed by atoms with Gasteiger partial charge in [0.15, 0.2) is 6.10 Å². The van der Waals surface area contributed by atoms with Crippen LogP contribution in [0.15, 0.2) is 47.1 Å². The lowest BCUT2D eigenvalue weighted by Gasteiger charge is -2.14. The molecular formula is C17H16BrNO4. The highest BCUT2D eigenvalue weighted by Crippen LogP contribution is 2.18. The molecule has 0 saturated heterocycles. The van der Waals surface area contributed by atoms with E-state index >= 15 is 0 Å². The van der Waals surface area contributed by atoms with Crippen molar-refractivity contribution in [2.75, 3.05) is 6.61 Å². The molecule has 1 aromatic heterocycles. The maximum Gasteiger partial charge on any atom is 0.344 e. The number of carbonyl (C=O) groups excluding carboxylic acids is 2. The quantitative estimate of drug-likeness (QED) is 0.567. The Kier molecular flexibility index (Phi) is 5.87. The second kappa shape index (κ2) is 7.87. The van der Waals surface area contributed by atoms with Crippen molar-refractivity contribution in [1.29, 1.82) is 0 Å². The van der Waals surface area contributed by atoms with E-state index < -0.39 is 12.1 Å². The Hall–Kier alpha value is -2.21. The van der Waals surface area contributed by atoms with Gasteiger partial charge < -0.3 is 9.47 Å². The van der Waals surface area contributed by atoms with Gasteiger partial charge in [0.05, 0.1) is 6.61 Å². The van der Waals surface area contributed by atoms with Crippen LogP contribution in [0.3, 0.4) is 0 Å². The maximum atomic E-state index is 12.3. The molecule has 0 aliphatic rings. The lowest BCUT2D eigenvalue weighted by Crippen LogP contribution is -2.24. The highest BCUT2D eigenvalue weighted by atomic mass is 79.9. The molecule has 0 fully saturated rings. The molecule has 1 heterocycles. The zero-order valence-electron chi connectivity index (χ0n) is 12.8. The Morgan fingerprint density at radius 3 is 2.57 bits per heavy atom. The van der Waals surface area contributed by atoms with E-state index in [2.05, 4.69) is 20.9 Å². The number of nitrogens with zero attached hydrogens (tertiary/aromatic N) is 1. The van der Waals surface area contributed by atoms with Crippen molar-refractivity contribution in [2.24, 2.45) is 0 Å². The van der Waals surface area contributed by atoms with Gasteiger partial charge in [-0.3, -0.25) is 4.79 Å². The van der Waals surface area contributed by atoms with Gasteiger partial charge in [-0.25, -0.2) is 9.78 Å². The van der Waals surface area contributed by atoms with E-state index in [0.717, 1.165) is 4.47 Å². The van der Waals surface area contributed by atoms with E-state index in [-0.39, 0.29) is 17.2 Å². The fourth-order valence-corrected chi connectivity index (χ4v) is 2.19. The van der Waals surface area contributed by atoms with Crippen molar-refractivity contribution in [3.8, 4) is 5.88 Å². The molecule has 2 rings (SSSR count). The average molecular weight is 378 g/mol. The lowest BCUT2D eigenvalue weighted by atomic mass is 10.1. The van der Waals surface area contributed by atoms with Gasteiger partial charge in [-0.1, -0.05) is 28.1 Å². The number of ether oxygens (including phenoxy) is 2. The first kappa shape index (κ1) is 17.1. The largest absolute Gasteiger partial charge is 0.477 e. The summed E-state index contributed by atoms with van der Waals surface area (Å²) in [6.07, 6.45) is 0.622. The Balaban J connectivity index is 2.10. The first-order chi connectivity index (χ1) is 11.0. The van der Waals surface area contributed by atoms with Crippen molar-refractivity contribution in [3.63, 3.8) is 0 Å². The van der Waals surface area contributed by atoms with Gasteiger partial charge in [0.2, 0.25) is 11.7 Å². The summed E-state index contributed by atoms with van der Waals surface area (Å²) in [5, 5.41) is 0. The van der Waals surface area contributed by atoms with Crippen LogP contribution in [-0.2, 0) is 4.74 Å². The molecule has 0 radical (unpaired) electrons. The molecule has 6 heteroatoms. The zero-order chi connectivity index (χ0) is 16.8. The first-order valence-corrected chi connectivity index (χ1v) is 7.90. The topological polar surface area (TPSA) is 65.5 Å². The molecule has 5 nitrogen and oxygen atoms in total. The number of rotatable bonds is 6. The number of pyridine rings is 1. The Bertz CT molecular complexity index is 700. The number of halogens is 1. The number of aromatic nitrogens is 1. The fraction of sp³-hybridized carbons (Fsp3) is 0.235. The van der Waals surface area contributed by atoms with Gasteiger partial charge >= 0.3 is 5.97 Å². The van der Waals surface area contributed by atoms with Crippen molar-refractivity contribution in [2.45, 2.75) is 20.0 Å². The number of benzene rings is 1. The highest BCUT2D eigenvalue weighted by Gasteiger charge is 2.22. The van der Waals surface area contributed by atoms with E-state index in [0.29, 0.717) is 12.2 Å². The molecule has 1 aromatic carbocycles. The van der Waals surface area contributed by atoms with Crippen LogP contribution in [-0.4, -0.2) is 29.4 Å². The predicted octanol–water partition coefficient (Wildman–Crippen LogP) is 3.67. The van der Waals surface area contributed by atoms with Crippen LogP contribution in [0.2, 0.25) is 0 Å². The van der Waals surface area contributed by atoms with Crippen molar-refractivity contribution < 1.29 is 19.1 Å². The first-order valence-electron chi connectivity index (χ1n) is 7.11. The third-order valence-electron chi connectivity index (χ3n) is 3.05. The zero-order valence-corrected chi connectivity index (χ0v) is 14.4. The smallest absolute Gasteiger partial charge is 0.344 e. The van der Waals surface area contributed by atoms with Gasteiger partial charge in [0, 0.05) is 16.2 Å². The summed E-state index contributed by atoms with van der Waals surface area (Å²) in [5.41, 5.74) is 0.675. The van der Waals surface area contributed by atoms with Crippen LogP contribution in [0.1, 0.15) is 34.6 Å². The number of esters is 1. The second-order valence-corrected chi connectivity index (χ2v) is 5.62. The average Bonchev–Trinajstić information content (AvgIpc) is 2.55. The number of carbonyl (C=O) groups is 2. The van der Waals surface area contributed by atoms with Gasteiger partial charge in [-0.2, -0.15) is 0 Å². The summed E-state index contributed by atoms with van der Waals surface area (Å²) in [7, 11) is 0. The molecule has 0 N–H and O–H groups in total. The molecule has 2 aromatic rings. The van der Waals surface area contributed by atoms with Crippen LogP contribution in [0.5, 0.6) is 5.88 Å². The standard InChI is InChI=1S/C17H16BrNO4/c1-3-22-16-14(5-4-10-19-16)17(21)23-11(2)15(20)12-6-8-13(18)9-7-12/h4-11H,3H2,1-2H3. The van der Waals surface area contributed by atoms with Gasteiger partial charge in [-0.15, -0.1) is 0 Å². The van der Waals surface area contributed by atoms with Crippen LogP contribution < -0.4 is 4.74 Å². The molecule has 1 unspecified atom stereocenters. The molecule has 0 aliphatic carbocycles. The Morgan fingerprint density at radius 1 is 1.22 bits per heavy atom. The molecule has 0 spiro atoms. The monoisotopic (exact) mass is 377 g/mol.